The fourth-order valence-electron chi connectivity index (χ4n) is 3.33. The van der Waals surface area contributed by atoms with Crippen LogP contribution in [0.25, 0.3) is 6.08 Å². The Morgan fingerprint density at radius 3 is 1.76 bits per heavy atom. The molecular formula is C25H32O9. The number of ether oxygens (including phenoxy) is 7. The molecule has 2 aromatic carbocycles. The molecule has 2 atom stereocenters. The van der Waals surface area contributed by atoms with Crippen LogP contribution in [0.4, 0.5) is 0 Å². The van der Waals surface area contributed by atoms with E-state index in [1.807, 2.05) is 19.1 Å². The molecule has 9 nitrogen and oxygen atoms in total. The summed E-state index contributed by atoms with van der Waals surface area (Å²) in [6.07, 6.45) is 1.49. The molecule has 9 heteroatoms. The number of carbonyl (C=O) groups excluding carboxylic acids is 1. The standard InChI is InChI=1S/C25H32O9/c1-8-9-16-10-18(28-3)25(19(11-16)29-4)34-22(14-33-15(2)26)23(27)17-12-20(30-5)24(32-7)21(13-17)31-6/h8-13,22-23,27H,14H2,1-7H3. The number of methoxy groups -OCH3 is 5. The topological polar surface area (TPSA) is 102 Å². The Bertz CT molecular complexity index is 950. The van der Waals surface area contributed by atoms with Gasteiger partial charge in [0.15, 0.2) is 29.1 Å². The zero-order valence-corrected chi connectivity index (χ0v) is 20.5. The predicted molar refractivity (Wildman–Crippen MR) is 126 cm³/mol. The molecule has 0 bridgehead atoms. The van der Waals surface area contributed by atoms with Crippen molar-refractivity contribution in [2.24, 2.45) is 0 Å². The molecule has 34 heavy (non-hydrogen) atoms. The molecule has 0 aromatic heterocycles. The van der Waals surface area contributed by atoms with Crippen molar-refractivity contribution in [1.29, 1.82) is 0 Å². The Balaban J connectivity index is 2.54. The molecule has 0 saturated carbocycles. The molecule has 186 valence electrons. The summed E-state index contributed by atoms with van der Waals surface area (Å²) in [5.74, 6) is 1.59. The maximum atomic E-state index is 11.5. The van der Waals surface area contributed by atoms with E-state index in [9.17, 15) is 9.90 Å². The Morgan fingerprint density at radius 2 is 1.35 bits per heavy atom. The first-order valence-electron chi connectivity index (χ1n) is 10.5. The molecule has 0 aliphatic rings. The third kappa shape index (κ3) is 6.26. The average Bonchev–Trinajstić information content (AvgIpc) is 2.85. The van der Waals surface area contributed by atoms with Crippen LogP contribution in [0.3, 0.4) is 0 Å². The minimum atomic E-state index is -1.25. The Labute approximate surface area is 199 Å². The molecule has 2 rings (SSSR count). The van der Waals surface area contributed by atoms with Crippen molar-refractivity contribution in [3.63, 3.8) is 0 Å². The monoisotopic (exact) mass is 476 g/mol. The van der Waals surface area contributed by atoms with Crippen LogP contribution >= 0.6 is 0 Å². The molecule has 0 radical (unpaired) electrons. The highest BCUT2D eigenvalue weighted by Gasteiger charge is 2.29. The normalized spacial score (nSPS) is 12.6. The Morgan fingerprint density at radius 1 is 0.853 bits per heavy atom. The summed E-state index contributed by atoms with van der Waals surface area (Å²) < 4.78 is 38.5. The summed E-state index contributed by atoms with van der Waals surface area (Å²) in [5.41, 5.74) is 1.24. The molecule has 0 aliphatic carbocycles. The van der Waals surface area contributed by atoms with E-state index in [1.54, 1.807) is 24.3 Å². The second-order valence-corrected chi connectivity index (χ2v) is 7.12. The summed E-state index contributed by atoms with van der Waals surface area (Å²) in [7, 11) is 7.43. The smallest absolute Gasteiger partial charge is 0.302 e. The van der Waals surface area contributed by atoms with Crippen LogP contribution in [0.15, 0.2) is 30.3 Å². The van der Waals surface area contributed by atoms with Gasteiger partial charge in [-0.1, -0.05) is 12.2 Å². The molecule has 1 N–H and O–H groups in total. The van der Waals surface area contributed by atoms with Gasteiger partial charge < -0.3 is 38.3 Å². The lowest BCUT2D eigenvalue weighted by molar-refractivity contribution is -0.145. The average molecular weight is 477 g/mol. The van der Waals surface area contributed by atoms with Crippen molar-refractivity contribution in [2.45, 2.75) is 26.1 Å². The SMILES string of the molecule is CC=Cc1cc(OC)c(OC(COC(C)=O)C(O)c2cc(OC)c(OC)c(OC)c2)c(OC)c1. The first-order chi connectivity index (χ1) is 16.3. The lowest BCUT2D eigenvalue weighted by Gasteiger charge is -2.27. The van der Waals surface area contributed by atoms with Crippen molar-refractivity contribution < 1.29 is 43.1 Å². The number of hydrogen-bond donors (Lipinski definition) is 1. The van der Waals surface area contributed by atoms with E-state index in [1.165, 1.54) is 42.5 Å². The fourth-order valence-corrected chi connectivity index (χ4v) is 3.33. The van der Waals surface area contributed by atoms with E-state index in [0.717, 1.165) is 5.56 Å². The lowest BCUT2D eigenvalue weighted by Crippen LogP contribution is -2.31. The van der Waals surface area contributed by atoms with E-state index in [2.05, 4.69) is 0 Å². The van der Waals surface area contributed by atoms with Crippen molar-refractivity contribution >= 4 is 12.0 Å². The van der Waals surface area contributed by atoms with Crippen molar-refractivity contribution in [2.75, 3.05) is 42.2 Å². The molecule has 0 spiro atoms. The van der Waals surface area contributed by atoms with Crippen LogP contribution in [0, 0.1) is 0 Å². The van der Waals surface area contributed by atoms with Gasteiger partial charge >= 0.3 is 5.97 Å². The highest BCUT2D eigenvalue weighted by Crippen LogP contribution is 2.43. The van der Waals surface area contributed by atoms with Gasteiger partial charge in [0.2, 0.25) is 11.5 Å². The molecule has 2 unspecified atom stereocenters. The fraction of sp³-hybridized carbons (Fsp3) is 0.400. The van der Waals surface area contributed by atoms with Gasteiger partial charge in [0.05, 0.1) is 35.5 Å². The van der Waals surface area contributed by atoms with Crippen molar-refractivity contribution in [3.8, 4) is 34.5 Å². The minimum absolute atomic E-state index is 0.240. The van der Waals surface area contributed by atoms with E-state index < -0.39 is 18.2 Å². The lowest BCUT2D eigenvalue weighted by atomic mass is 10.0. The van der Waals surface area contributed by atoms with E-state index >= 15 is 0 Å². The van der Waals surface area contributed by atoms with E-state index in [0.29, 0.717) is 34.3 Å². The van der Waals surface area contributed by atoms with Crippen molar-refractivity contribution in [1.82, 2.24) is 0 Å². The molecule has 0 amide bonds. The van der Waals surface area contributed by atoms with E-state index in [4.69, 9.17) is 33.2 Å². The van der Waals surface area contributed by atoms with Gasteiger partial charge in [0, 0.05) is 6.92 Å². The summed E-state index contributed by atoms with van der Waals surface area (Å²) in [4.78, 5) is 11.5. The maximum absolute atomic E-state index is 11.5. The van der Waals surface area contributed by atoms with Gasteiger partial charge in [0.25, 0.3) is 0 Å². The Kier molecular flexibility index (Phi) is 9.88. The molecule has 0 saturated heterocycles. The van der Waals surface area contributed by atoms with Crippen LogP contribution in [-0.4, -0.2) is 59.3 Å². The maximum Gasteiger partial charge on any atom is 0.302 e. The van der Waals surface area contributed by atoms with Crippen LogP contribution < -0.4 is 28.4 Å². The highest BCUT2D eigenvalue weighted by atomic mass is 16.6. The third-order valence-corrected chi connectivity index (χ3v) is 4.94. The van der Waals surface area contributed by atoms with Gasteiger partial charge in [-0.3, -0.25) is 4.79 Å². The second kappa shape index (κ2) is 12.6. The number of hydrogen-bond acceptors (Lipinski definition) is 9. The molecule has 0 aliphatic heterocycles. The zero-order chi connectivity index (χ0) is 25.3. The van der Waals surface area contributed by atoms with Gasteiger partial charge in [0.1, 0.15) is 12.7 Å². The van der Waals surface area contributed by atoms with E-state index in [-0.39, 0.29) is 12.4 Å². The summed E-state index contributed by atoms with van der Waals surface area (Å²) in [6, 6.07) is 6.73. The number of carbonyl (C=O) groups is 1. The number of rotatable bonds is 12. The van der Waals surface area contributed by atoms with Gasteiger partial charge in [-0.25, -0.2) is 0 Å². The van der Waals surface area contributed by atoms with Gasteiger partial charge in [-0.05, 0) is 42.3 Å². The number of benzene rings is 2. The quantitative estimate of drug-likeness (QED) is 0.458. The largest absolute Gasteiger partial charge is 0.493 e. The number of aliphatic hydroxyl groups is 1. The van der Waals surface area contributed by atoms with Crippen LogP contribution in [-0.2, 0) is 9.53 Å². The summed E-state index contributed by atoms with van der Waals surface area (Å²) >= 11 is 0. The summed E-state index contributed by atoms with van der Waals surface area (Å²) in [5, 5.41) is 11.3. The van der Waals surface area contributed by atoms with Gasteiger partial charge in [-0.15, -0.1) is 0 Å². The molecule has 2 aromatic rings. The molecular weight excluding hydrogens is 444 g/mol. The first kappa shape index (κ1) is 26.7. The number of allylic oxidation sites excluding steroid dienone is 1. The second-order valence-electron chi connectivity index (χ2n) is 7.12. The first-order valence-corrected chi connectivity index (χ1v) is 10.5. The highest BCUT2D eigenvalue weighted by molar-refractivity contribution is 5.66. The predicted octanol–water partition coefficient (Wildman–Crippen LogP) is 3.81. The Hall–Kier alpha value is -3.59. The zero-order valence-electron chi connectivity index (χ0n) is 20.5. The van der Waals surface area contributed by atoms with Crippen LogP contribution in [0.5, 0.6) is 34.5 Å². The number of aliphatic hydroxyl groups excluding tert-OH is 1. The number of esters is 1. The summed E-state index contributed by atoms with van der Waals surface area (Å²) in [6.45, 7) is 2.93. The molecule has 0 heterocycles. The molecule has 0 fully saturated rings. The van der Waals surface area contributed by atoms with Crippen LogP contribution in [0.2, 0.25) is 0 Å². The third-order valence-electron chi connectivity index (χ3n) is 4.94. The van der Waals surface area contributed by atoms with Crippen molar-refractivity contribution in [3.05, 3.63) is 41.5 Å². The van der Waals surface area contributed by atoms with Gasteiger partial charge in [-0.2, -0.15) is 0 Å². The minimum Gasteiger partial charge on any atom is -0.493 e. The van der Waals surface area contributed by atoms with Crippen LogP contribution in [0.1, 0.15) is 31.1 Å².